The van der Waals surface area contributed by atoms with Gasteiger partial charge in [0.05, 0.1) is 0 Å². The summed E-state index contributed by atoms with van der Waals surface area (Å²) in [6.45, 7) is 12.1. The Morgan fingerprint density at radius 3 is 2.00 bits per heavy atom. The summed E-state index contributed by atoms with van der Waals surface area (Å²) in [5, 5.41) is 3.98. The van der Waals surface area contributed by atoms with Crippen LogP contribution >= 0.6 is 0 Å². The van der Waals surface area contributed by atoms with Crippen LogP contribution in [0.1, 0.15) is 73.1 Å². The summed E-state index contributed by atoms with van der Waals surface area (Å²) in [4.78, 5) is 0. The molecule has 0 saturated heterocycles. The van der Waals surface area contributed by atoms with Crippen LogP contribution in [0.5, 0.6) is 0 Å². The first kappa shape index (κ1) is 13.0. The van der Waals surface area contributed by atoms with Crippen LogP contribution in [0.25, 0.3) is 0 Å². The summed E-state index contributed by atoms with van der Waals surface area (Å²) >= 11 is 0. The fraction of sp³-hybridized carbons (Fsp3) is 1.00. The first-order valence-electron chi connectivity index (χ1n) is 8.01. The van der Waals surface area contributed by atoms with Crippen LogP contribution in [0.15, 0.2) is 0 Å². The zero-order valence-electron chi connectivity index (χ0n) is 13.0. The molecule has 0 aromatic heterocycles. The third kappa shape index (κ3) is 1.85. The lowest BCUT2D eigenvalue weighted by atomic mass is 9.41. The van der Waals surface area contributed by atoms with E-state index >= 15 is 0 Å². The van der Waals surface area contributed by atoms with Gasteiger partial charge in [-0.25, -0.2) is 0 Å². The second-order valence-corrected chi connectivity index (χ2v) is 9.07. The highest BCUT2D eigenvalue weighted by Gasteiger charge is 2.60. The molecule has 0 aliphatic heterocycles. The molecule has 1 heteroatoms. The largest absolute Gasteiger partial charge is 0.309 e. The van der Waals surface area contributed by atoms with Crippen LogP contribution < -0.4 is 5.32 Å². The molecule has 4 rings (SSSR count). The van der Waals surface area contributed by atoms with Crippen LogP contribution in [0.2, 0.25) is 0 Å². The first-order chi connectivity index (χ1) is 8.24. The van der Waals surface area contributed by atoms with Crippen molar-refractivity contribution in [2.75, 3.05) is 0 Å². The molecule has 4 fully saturated rings. The van der Waals surface area contributed by atoms with E-state index < -0.39 is 0 Å². The van der Waals surface area contributed by atoms with Crippen LogP contribution in [0, 0.1) is 22.7 Å². The van der Waals surface area contributed by atoms with E-state index in [1.807, 2.05) is 0 Å². The molecule has 1 nitrogen and oxygen atoms in total. The minimum atomic E-state index is 0.481. The molecule has 1 N–H and O–H groups in total. The van der Waals surface area contributed by atoms with Crippen molar-refractivity contribution in [3.05, 3.63) is 0 Å². The quantitative estimate of drug-likeness (QED) is 0.766. The van der Waals surface area contributed by atoms with E-state index in [0.717, 1.165) is 11.8 Å². The molecular weight excluding hydrogens is 218 g/mol. The van der Waals surface area contributed by atoms with Crippen molar-refractivity contribution in [3.63, 3.8) is 0 Å². The summed E-state index contributed by atoms with van der Waals surface area (Å²) in [5.74, 6) is 2.02. The molecule has 104 valence electrons. The van der Waals surface area contributed by atoms with E-state index in [9.17, 15) is 0 Å². The van der Waals surface area contributed by atoms with Gasteiger partial charge >= 0.3 is 0 Å². The SMILES string of the molecule is CC(C)NC12CC3CC(C1)CC(C(C)(C)C)(C3)C2. The van der Waals surface area contributed by atoms with E-state index in [2.05, 4.69) is 39.9 Å². The Balaban J connectivity index is 1.93. The van der Waals surface area contributed by atoms with Crippen molar-refractivity contribution < 1.29 is 0 Å². The van der Waals surface area contributed by atoms with E-state index in [1.165, 1.54) is 38.5 Å². The molecule has 0 amide bonds. The zero-order valence-corrected chi connectivity index (χ0v) is 13.0. The molecule has 2 atom stereocenters. The monoisotopic (exact) mass is 249 g/mol. The Labute approximate surface area is 113 Å². The summed E-state index contributed by atoms with van der Waals surface area (Å²) in [7, 11) is 0. The van der Waals surface area contributed by atoms with Gasteiger partial charge in [-0.1, -0.05) is 34.6 Å². The van der Waals surface area contributed by atoms with Crippen molar-refractivity contribution in [3.8, 4) is 0 Å². The third-order valence-corrected chi connectivity index (χ3v) is 6.25. The van der Waals surface area contributed by atoms with Crippen molar-refractivity contribution in [2.45, 2.75) is 84.7 Å². The molecule has 0 spiro atoms. The number of rotatable bonds is 2. The smallest absolute Gasteiger partial charge is 0.0194 e. The van der Waals surface area contributed by atoms with Gasteiger partial charge in [-0.2, -0.15) is 0 Å². The number of hydrogen-bond acceptors (Lipinski definition) is 1. The maximum Gasteiger partial charge on any atom is 0.0194 e. The highest BCUT2D eigenvalue weighted by atomic mass is 15.0. The molecule has 4 aliphatic carbocycles. The summed E-state index contributed by atoms with van der Waals surface area (Å²) in [6, 6.07) is 0.637. The lowest BCUT2D eigenvalue weighted by molar-refractivity contribution is -0.135. The fourth-order valence-corrected chi connectivity index (χ4v) is 5.92. The predicted molar refractivity (Wildman–Crippen MR) is 77.6 cm³/mol. The lowest BCUT2D eigenvalue weighted by Gasteiger charge is -2.66. The van der Waals surface area contributed by atoms with Gasteiger partial charge in [0.2, 0.25) is 0 Å². The predicted octanol–water partition coefficient (Wildman–Crippen LogP) is 4.37. The minimum absolute atomic E-state index is 0.481. The standard InChI is InChI=1S/C17H31N/c1-12(2)18-17-9-13-6-14(10-17)8-16(7-13,11-17)15(3,4)5/h12-14,18H,6-11H2,1-5H3. The summed E-state index contributed by atoms with van der Waals surface area (Å²) in [5.41, 5.74) is 1.60. The maximum atomic E-state index is 3.98. The van der Waals surface area contributed by atoms with E-state index in [4.69, 9.17) is 0 Å². The molecular formula is C17H31N. The van der Waals surface area contributed by atoms with Gasteiger partial charge in [0.15, 0.2) is 0 Å². The van der Waals surface area contributed by atoms with Crippen molar-refractivity contribution in [1.82, 2.24) is 5.32 Å². The molecule has 0 heterocycles. The maximum absolute atomic E-state index is 3.98. The average Bonchev–Trinajstić information content (AvgIpc) is 2.10. The number of nitrogens with one attached hydrogen (secondary N) is 1. The zero-order chi connectivity index (χ0) is 13.2. The summed E-state index contributed by atoms with van der Waals surface area (Å²) < 4.78 is 0. The van der Waals surface area contributed by atoms with Gasteiger partial charge in [-0.05, 0) is 61.2 Å². The van der Waals surface area contributed by atoms with Crippen LogP contribution in [-0.4, -0.2) is 11.6 Å². The van der Waals surface area contributed by atoms with Crippen molar-refractivity contribution in [1.29, 1.82) is 0 Å². The van der Waals surface area contributed by atoms with Crippen LogP contribution in [0.4, 0.5) is 0 Å². The van der Waals surface area contributed by atoms with Gasteiger partial charge in [-0.15, -0.1) is 0 Å². The second kappa shape index (κ2) is 3.75. The van der Waals surface area contributed by atoms with Crippen molar-refractivity contribution >= 4 is 0 Å². The second-order valence-electron chi connectivity index (χ2n) is 9.07. The molecule has 2 unspecified atom stereocenters. The molecule has 0 aromatic rings. The molecule has 4 bridgehead atoms. The molecule has 18 heavy (non-hydrogen) atoms. The first-order valence-corrected chi connectivity index (χ1v) is 8.01. The topological polar surface area (TPSA) is 12.0 Å². The van der Waals surface area contributed by atoms with Gasteiger partial charge < -0.3 is 5.32 Å². The Hall–Kier alpha value is -0.0400. The van der Waals surface area contributed by atoms with Crippen LogP contribution in [-0.2, 0) is 0 Å². The van der Waals surface area contributed by atoms with Gasteiger partial charge in [0.1, 0.15) is 0 Å². The third-order valence-electron chi connectivity index (χ3n) is 6.25. The van der Waals surface area contributed by atoms with Crippen LogP contribution in [0.3, 0.4) is 0 Å². The van der Waals surface area contributed by atoms with Gasteiger partial charge in [0.25, 0.3) is 0 Å². The Morgan fingerprint density at radius 2 is 1.56 bits per heavy atom. The molecule has 4 saturated carbocycles. The average molecular weight is 249 g/mol. The van der Waals surface area contributed by atoms with E-state index in [-0.39, 0.29) is 0 Å². The fourth-order valence-electron chi connectivity index (χ4n) is 5.92. The molecule has 4 aliphatic rings. The Morgan fingerprint density at radius 1 is 1.00 bits per heavy atom. The van der Waals surface area contributed by atoms with E-state index in [0.29, 0.717) is 22.4 Å². The molecule has 0 aromatic carbocycles. The lowest BCUT2D eigenvalue weighted by Crippen LogP contribution is -2.65. The van der Waals surface area contributed by atoms with Gasteiger partial charge in [-0.3, -0.25) is 0 Å². The van der Waals surface area contributed by atoms with E-state index in [1.54, 1.807) is 0 Å². The van der Waals surface area contributed by atoms with Gasteiger partial charge in [0, 0.05) is 11.6 Å². The Kier molecular flexibility index (Phi) is 2.70. The highest BCUT2D eigenvalue weighted by Crippen LogP contribution is 2.67. The Bertz CT molecular complexity index is 316. The molecule has 0 radical (unpaired) electrons. The minimum Gasteiger partial charge on any atom is -0.309 e. The normalized spacial score (nSPS) is 47.0. The summed E-state index contributed by atoms with van der Waals surface area (Å²) in [6.07, 6.45) is 8.90. The number of hydrogen-bond donors (Lipinski definition) is 1. The highest BCUT2D eigenvalue weighted by molar-refractivity contribution is 5.14. The van der Waals surface area contributed by atoms with Crippen molar-refractivity contribution in [2.24, 2.45) is 22.7 Å².